The van der Waals surface area contributed by atoms with Crippen LogP contribution in [0.2, 0.25) is 5.02 Å². The summed E-state index contributed by atoms with van der Waals surface area (Å²) in [6, 6.07) is 20.7. The summed E-state index contributed by atoms with van der Waals surface area (Å²) in [5.74, 6) is -3.09. The third-order valence-corrected chi connectivity index (χ3v) is 13.5. The number of aromatic hydroxyl groups is 1. The van der Waals surface area contributed by atoms with Crippen molar-refractivity contribution in [2.75, 3.05) is 44.1 Å². The zero-order chi connectivity index (χ0) is 55.7. The molecule has 0 spiro atoms. The summed E-state index contributed by atoms with van der Waals surface area (Å²) in [7, 11) is 2.87. The van der Waals surface area contributed by atoms with Gasteiger partial charge in [-0.2, -0.15) is 4.98 Å². The van der Waals surface area contributed by atoms with Gasteiger partial charge in [0.2, 0.25) is 11.9 Å². The number of aliphatic imine (C=N–C) groups is 1. The SMILES string of the molecule is C=CC(=O)N1CCN(c2nc(=O)n(-c3c(C)ccnc3C(C)C)c3nc(-c4c(O)cccc4F)c(F)cc23)C(C)C1.COc1cc(Nc2ncc3c(n2)-c2ccc(Cl)cc2C(c2c(F)cccc2OC)=NC3)ccc1C(=O)O. The van der Waals surface area contributed by atoms with E-state index in [4.69, 9.17) is 31.1 Å². The molecule has 17 nitrogen and oxygen atoms in total. The number of benzene rings is 4. The Morgan fingerprint density at radius 3 is 2.31 bits per heavy atom. The Labute approximate surface area is 450 Å². The molecule has 398 valence electrons. The Morgan fingerprint density at radius 1 is 0.872 bits per heavy atom. The maximum atomic E-state index is 15.8. The van der Waals surface area contributed by atoms with Gasteiger partial charge in [-0.15, -0.1) is 0 Å². The number of piperazine rings is 1. The largest absolute Gasteiger partial charge is 0.507 e. The minimum Gasteiger partial charge on any atom is -0.507 e. The molecule has 1 unspecified atom stereocenters. The van der Waals surface area contributed by atoms with Crippen molar-refractivity contribution in [2.24, 2.45) is 4.99 Å². The van der Waals surface area contributed by atoms with Gasteiger partial charge in [-0.1, -0.05) is 50.2 Å². The molecule has 6 heterocycles. The molecule has 8 aromatic rings. The Hall–Kier alpha value is -9.17. The fourth-order valence-electron chi connectivity index (χ4n) is 9.51. The number of anilines is 3. The average molecular weight is 1080 g/mol. The highest BCUT2D eigenvalue weighted by Gasteiger charge is 2.32. The predicted octanol–water partition coefficient (Wildman–Crippen LogP) is 10.2. The van der Waals surface area contributed by atoms with Crippen LogP contribution in [0.25, 0.3) is 39.2 Å². The quantitative estimate of drug-likeness (QED) is 0.103. The minimum atomic E-state index is -1.10. The third kappa shape index (κ3) is 10.3. The monoisotopic (exact) mass is 1080 g/mol. The van der Waals surface area contributed by atoms with Crippen LogP contribution in [0.1, 0.15) is 65.0 Å². The van der Waals surface area contributed by atoms with Crippen molar-refractivity contribution < 1.29 is 42.4 Å². The molecule has 0 bridgehead atoms. The zero-order valence-corrected chi connectivity index (χ0v) is 43.7. The number of fused-ring (bicyclic) bond motifs is 4. The van der Waals surface area contributed by atoms with Gasteiger partial charge in [0.15, 0.2) is 11.5 Å². The lowest BCUT2D eigenvalue weighted by atomic mass is 9.94. The number of aromatic nitrogens is 6. The van der Waals surface area contributed by atoms with Crippen LogP contribution in [-0.2, 0) is 11.3 Å². The van der Waals surface area contributed by atoms with Crippen molar-refractivity contribution in [3.8, 4) is 45.5 Å². The number of nitrogens with one attached hydrogen (secondary N) is 1. The highest BCUT2D eigenvalue weighted by Crippen LogP contribution is 2.39. The number of phenolic OH excluding ortho intramolecular Hbond substituents is 1. The van der Waals surface area contributed by atoms with Gasteiger partial charge in [0.1, 0.15) is 46.0 Å². The van der Waals surface area contributed by atoms with Crippen LogP contribution >= 0.6 is 11.6 Å². The summed E-state index contributed by atoms with van der Waals surface area (Å²) in [6.45, 7) is 12.3. The normalized spacial score (nSPS) is 13.9. The first kappa shape index (κ1) is 53.6. The van der Waals surface area contributed by atoms with E-state index < -0.39 is 46.1 Å². The number of pyridine rings is 2. The maximum Gasteiger partial charge on any atom is 0.355 e. The summed E-state index contributed by atoms with van der Waals surface area (Å²) in [4.78, 5) is 68.2. The van der Waals surface area contributed by atoms with E-state index in [1.807, 2.05) is 38.7 Å². The lowest BCUT2D eigenvalue weighted by molar-refractivity contribution is -0.126. The lowest BCUT2D eigenvalue weighted by Crippen LogP contribution is -2.54. The summed E-state index contributed by atoms with van der Waals surface area (Å²) < 4.78 is 57.7. The van der Waals surface area contributed by atoms with Crippen LogP contribution in [0.4, 0.5) is 30.6 Å². The van der Waals surface area contributed by atoms with Gasteiger partial charge in [-0.25, -0.2) is 42.3 Å². The molecule has 1 atom stereocenters. The van der Waals surface area contributed by atoms with Gasteiger partial charge in [0.05, 0.1) is 60.1 Å². The number of methoxy groups -OCH3 is 2. The van der Waals surface area contributed by atoms with Gasteiger partial charge in [0.25, 0.3) is 0 Å². The number of ether oxygens (including phenoxy) is 2. The summed E-state index contributed by atoms with van der Waals surface area (Å²) >= 11 is 6.35. The van der Waals surface area contributed by atoms with Crippen LogP contribution < -0.4 is 25.4 Å². The predicted molar refractivity (Wildman–Crippen MR) is 290 cm³/mol. The Balaban J connectivity index is 0.000000191. The fourth-order valence-corrected chi connectivity index (χ4v) is 9.68. The highest BCUT2D eigenvalue weighted by molar-refractivity contribution is 6.31. The molecule has 3 N–H and O–H groups in total. The number of carboxylic acid groups (broad SMARTS) is 1. The van der Waals surface area contributed by atoms with Gasteiger partial charge < -0.3 is 34.8 Å². The highest BCUT2D eigenvalue weighted by atomic mass is 35.5. The number of halogens is 4. The molecule has 2 aliphatic heterocycles. The molecule has 1 saturated heterocycles. The molecule has 2 aliphatic rings. The molecule has 1 fully saturated rings. The van der Waals surface area contributed by atoms with Gasteiger partial charge in [-0.05, 0) is 92.1 Å². The summed E-state index contributed by atoms with van der Waals surface area (Å²) in [5, 5.41) is 23.5. The van der Waals surface area contributed by atoms with Crippen LogP contribution in [0.15, 0.2) is 120 Å². The number of nitrogens with zero attached hydrogens (tertiary/aromatic N) is 9. The summed E-state index contributed by atoms with van der Waals surface area (Å²) in [5.41, 5.74) is 4.13. The van der Waals surface area contributed by atoms with E-state index in [0.717, 1.165) is 17.7 Å². The number of carboxylic acids is 1. The molecule has 0 saturated carbocycles. The minimum absolute atomic E-state index is 0.0360. The van der Waals surface area contributed by atoms with Crippen LogP contribution in [0.5, 0.6) is 17.2 Å². The molecular formula is C57H50ClF3N10O7. The molecule has 10 rings (SSSR count). The average Bonchev–Trinajstić information content (AvgIpc) is 3.77. The number of aromatic carboxylic acids is 1. The molecule has 4 aromatic carbocycles. The Bertz CT molecular complexity index is 3800. The zero-order valence-electron chi connectivity index (χ0n) is 43.0. The number of carbonyl (C=O) groups excluding carboxylic acids is 1. The van der Waals surface area contributed by atoms with Crippen molar-refractivity contribution in [1.29, 1.82) is 0 Å². The van der Waals surface area contributed by atoms with Gasteiger partial charge in [0, 0.05) is 71.5 Å². The topological polar surface area (TPSA) is 210 Å². The van der Waals surface area contributed by atoms with E-state index in [1.54, 1.807) is 59.8 Å². The molecule has 78 heavy (non-hydrogen) atoms. The smallest absolute Gasteiger partial charge is 0.355 e. The van der Waals surface area contributed by atoms with Crippen molar-refractivity contribution in [1.82, 2.24) is 34.4 Å². The third-order valence-electron chi connectivity index (χ3n) is 13.2. The first-order chi connectivity index (χ1) is 37.4. The van der Waals surface area contributed by atoms with E-state index >= 15 is 8.78 Å². The Morgan fingerprint density at radius 2 is 1.62 bits per heavy atom. The molecule has 0 aliphatic carbocycles. The van der Waals surface area contributed by atoms with E-state index in [0.29, 0.717) is 75.6 Å². The number of rotatable bonds is 11. The number of phenols is 1. The standard InChI is InChI=1S/C30H30F2N6O3.C27H20ClFN4O4/c1-6-23(40)36-12-13-37(18(5)15-36)28-19-14-21(32)26(24-20(31)8-7-9-22(24)39)34-29(19)38(30(41)35-28)27-17(4)10-11-33-25(27)16(2)3;1-36-21-5-3-4-20(29)23(21)25-19-10-15(28)6-8-17(19)24-14(12-30-25)13-31-27(33-24)32-16-7-9-18(26(34)35)22(11-16)37-2/h6-11,14,16,18,39H,1,12-13,15H2,2-5H3;3-11,13H,12H2,1-2H3,(H,34,35)(H,31,32,33). The molecule has 1 amide bonds. The van der Waals surface area contributed by atoms with E-state index in [1.165, 1.54) is 49.1 Å². The first-order valence-corrected chi connectivity index (χ1v) is 24.8. The van der Waals surface area contributed by atoms with Crippen LogP contribution in [0, 0.1) is 24.4 Å². The maximum absolute atomic E-state index is 15.8. The Kier molecular flexibility index (Phi) is 15.3. The van der Waals surface area contributed by atoms with Crippen LogP contribution in [0.3, 0.4) is 0 Å². The molecule has 21 heteroatoms. The summed E-state index contributed by atoms with van der Waals surface area (Å²) in [6.07, 6.45) is 4.54. The fraction of sp³-hybridized carbons (Fsp3) is 0.211. The second-order valence-corrected chi connectivity index (χ2v) is 18.9. The first-order valence-electron chi connectivity index (χ1n) is 24.4. The van der Waals surface area contributed by atoms with Crippen LogP contribution in [-0.4, -0.2) is 102 Å². The van der Waals surface area contributed by atoms with Crippen molar-refractivity contribution in [3.63, 3.8) is 0 Å². The van der Waals surface area contributed by atoms with E-state index in [2.05, 4.69) is 31.8 Å². The molecule has 4 aromatic heterocycles. The number of amides is 1. The molecular weight excluding hydrogens is 1030 g/mol. The van der Waals surface area contributed by atoms with Crippen molar-refractivity contribution in [2.45, 2.75) is 46.2 Å². The van der Waals surface area contributed by atoms with Gasteiger partial charge in [-0.3, -0.25) is 14.8 Å². The van der Waals surface area contributed by atoms with E-state index in [-0.39, 0.29) is 64.1 Å². The van der Waals surface area contributed by atoms with Crippen molar-refractivity contribution in [3.05, 3.63) is 176 Å². The molecule has 0 radical (unpaired) electrons. The van der Waals surface area contributed by atoms with Crippen molar-refractivity contribution >= 4 is 57.7 Å². The van der Waals surface area contributed by atoms with E-state index in [9.17, 15) is 29.0 Å². The number of hydrogen-bond donors (Lipinski definition) is 3. The number of aryl methyl sites for hydroxylation is 1. The lowest BCUT2D eigenvalue weighted by Gasteiger charge is -2.40. The second kappa shape index (κ2) is 22.2. The second-order valence-electron chi connectivity index (χ2n) is 18.5. The number of hydrogen-bond acceptors (Lipinski definition) is 14. The van der Waals surface area contributed by atoms with Gasteiger partial charge >= 0.3 is 11.7 Å². The number of carbonyl (C=O) groups is 2.